The highest BCUT2D eigenvalue weighted by molar-refractivity contribution is 7.89. The van der Waals surface area contributed by atoms with Crippen LogP contribution >= 0.6 is 0 Å². The van der Waals surface area contributed by atoms with Crippen molar-refractivity contribution >= 4 is 10.0 Å². The van der Waals surface area contributed by atoms with Crippen LogP contribution in [0.3, 0.4) is 0 Å². The number of sulfonamides is 1. The summed E-state index contributed by atoms with van der Waals surface area (Å²) >= 11 is 0. The van der Waals surface area contributed by atoms with Crippen molar-refractivity contribution in [3.8, 4) is 0 Å². The van der Waals surface area contributed by atoms with Gasteiger partial charge in [-0.15, -0.1) is 0 Å². The zero-order chi connectivity index (χ0) is 13.9. The molecule has 0 aliphatic carbocycles. The second-order valence-corrected chi connectivity index (χ2v) is 5.81. The first-order valence-corrected chi connectivity index (χ1v) is 7.32. The van der Waals surface area contributed by atoms with E-state index in [0.29, 0.717) is 11.4 Å². The van der Waals surface area contributed by atoms with Gasteiger partial charge in [-0.25, -0.2) is 18.1 Å². The Morgan fingerprint density at radius 2 is 2.16 bits per heavy atom. The lowest BCUT2D eigenvalue weighted by atomic mass is 10.2. The predicted molar refractivity (Wildman–Crippen MR) is 71.7 cm³/mol. The lowest BCUT2D eigenvalue weighted by Gasteiger charge is -2.14. The summed E-state index contributed by atoms with van der Waals surface area (Å²) in [5.41, 5.74) is 6.15. The molecule has 2 rings (SSSR count). The SMILES string of the molecule is CC(NS(=O)(=O)c1ccccc1CN)c1ncc[nH]1. The fraction of sp³-hybridized carbons (Fsp3) is 0.250. The average Bonchev–Trinajstić information content (AvgIpc) is 2.92. The summed E-state index contributed by atoms with van der Waals surface area (Å²) in [6.45, 7) is 1.90. The maximum absolute atomic E-state index is 12.3. The molecule has 7 heteroatoms. The van der Waals surface area contributed by atoms with Gasteiger partial charge in [0, 0.05) is 18.9 Å². The van der Waals surface area contributed by atoms with Crippen LogP contribution < -0.4 is 10.5 Å². The fourth-order valence-corrected chi connectivity index (χ4v) is 3.26. The lowest BCUT2D eigenvalue weighted by molar-refractivity contribution is 0.560. The molecule has 1 aromatic carbocycles. The third kappa shape index (κ3) is 3.01. The maximum Gasteiger partial charge on any atom is 0.241 e. The molecule has 6 nitrogen and oxygen atoms in total. The number of nitrogens with one attached hydrogen (secondary N) is 2. The molecule has 0 aliphatic rings. The topological polar surface area (TPSA) is 101 Å². The zero-order valence-electron chi connectivity index (χ0n) is 10.5. The van der Waals surface area contributed by atoms with E-state index in [1.54, 1.807) is 43.6 Å². The van der Waals surface area contributed by atoms with E-state index in [9.17, 15) is 8.42 Å². The molecule has 1 heterocycles. The number of imidazole rings is 1. The molecule has 1 atom stereocenters. The van der Waals surface area contributed by atoms with E-state index in [-0.39, 0.29) is 11.4 Å². The van der Waals surface area contributed by atoms with Gasteiger partial charge in [0.1, 0.15) is 5.82 Å². The van der Waals surface area contributed by atoms with Crippen molar-refractivity contribution < 1.29 is 8.42 Å². The van der Waals surface area contributed by atoms with Crippen molar-refractivity contribution in [1.29, 1.82) is 0 Å². The molecule has 1 unspecified atom stereocenters. The molecule has 0 saturated heterocycles. The Morgan fingerprint density at radius 1 is 1.42 bits per heavy atom. The summed E-state index contributed by atoms with van der Waals surface area (Å²) in [6, 6.07) is 6.24. The van der Waals surface area contributed by atoms with Crippen LogP contribution in [0.15, 0.2) is 41.6 Å². The van der Waals surface area contributed by atoms with E-state index >= 15 is 0 Å². The largest absolute Gasteiger partial charge is 0.347 e. The highest BCUT2D eigenvalue weighted by Crippen LogP contribution is 2.17. The highest BCUT2D eigenvalue weighted by atomic mass is 32.2. The normalized spacial score (nSPS) is 13.4. The van der Waals surface area contributed by atoms with Crippen LogP contribution in [0.2, 0.25) is 0 Å². The van der Waals surface area contributed by atoms with Crippen LogP contribution in [-0.2, 0) is 16.6 Å². The monoisotopic (exact) mass is 280 g/mol. The van der Waals surface area contributed by atoms with Gasteiger partial charge in [0.2, 0.25) is 10.0 Å². The lowest BCUT2D eigenvalue weighted by Crippen LogP contribution is -2.28. The fourth-order valence-electron chi connectivity index (χ4n) is 1.80. The second kappa shape index (κ2) is 5.52. The smallest absolute Gasteiger partial charge is 0.241 e. The molecular weight excluding hydrogens is 264 g/mol. The molecule has 0 amide bonds. The van der Waals surface area contributed by atoms with Gasteiger partial charge in [-0.3, -0.25) is 0 Å². The number of rotatable bonds is 5. The number of hydrogen-bond donors (Lipinski definition) is 3. The summed E-state index contributed by atoms with van der Waals surface area (Å²) in [5, 5.41) is 0. The number of aromatic nitrogens is 2. The summed E-state index contributed by atoms with van der Waals surface area (Å²) in [7, 11) is -3.62. The van der Waals surface area contributed by atoms with Crippen LogP contribution in [0.4, 0.5) is 0 Å². The molecule has 0 saturated carbocycles. The molecule has 0 radical (unpaired) electrons. The molecule has 0 bridgehead atoms. The Morgan fingerprint density at radius 3 is 2.79 bits per heavy atom. The number of nitrogens with two attached hydrogens (primary N) is 1. The van der Waals surface area contributed by atoms with Crippen LogP contribution in [0.5, 0.6) is 0 Å². The van der Waals surface area contributed by atoms with Crippen molar-refractivity contribution in [1.82, 2.24) is 14.7 Å². The predicted octanol–water partition coefficient (Wildman–Crippen LogP) is 0.908. The molecular formula is C12H16N4O2S. The van der Waals surface area contributed by atoms with E-state index in [2.05, 4.69) is 14.7 Å². The van der Waals surface area contributed by atoms with Crippen LogP contribution in [-0.4, -0.2) is 18.4 Å². The molecule has 1 aromatic heterocycles. The molecule has 19 heavy (non-hydrogen) atoms. The maximum atomic E-state index is 12.3. The zero-order valence-corrected chi connectivity index (χ0v) is 11.3. The Kier molecular flexibility index (Phi) is 3.98. The minimum atomic E-state index is -3.62. The van der Waals surface area contributed by atoms with Crippen molar-refractivity contribution in [2.45, 2.75) is 24.4 Å². The first kappa shape index (κ1) is 13.7. The first-order chi connectivity index (χ1) is 9.04. The van der Waals surface area contributed by atoms with Crippen molar-refractivity contribution in [3.63, 3.8) is 0 Å². The van der Waals surface area contributed by atoms with E-state index in [4.69, 9.17) is 5.73 Å². The standard InChI is InChI=1S/C12H16N4O2S/c1-9(12-14-6-7-15-12)16-19(17,18)11-5-3-2-4-10(11)8-13/h2-7,9,16H,8,13H2,1H3,(H,14,15). The molecule has 0 fully saturated rings. The average molecular weight is 280 g/mol. The van der Waals surface area contributed by atoms with Gasteiger partial charge >= 0.3 is 0 Å². The van der Waals surface area contributed by atoms with Crippen LogP contribution in [0.25, 0.3) is 0 Å². The quantitative estimate of drug-likeness (QED) is 0.757. The minimum Gasteiger partial charge on any atom is -0.347 e. The molecule has 0 spiro atoms. The molecule has 4 N–H and O–H groups in total. The summed E-state index contributed by atoms with van der Waals surface area (Å²) < 4.78 is 27.2. The summed E-state index contributed by atoms with van der Waals surface area (Å²) in [6.07, 6.45) is 3.22. The number of nitrogens with zero attached hydrogens (tertiary/aromatic N) is 1. The van der Waals surface area contributed by atoms with Gasteiger partial charge in [0.05, 0.1) is 10.9 Å². The van der Waals surface area contributed by atoms with Gasteiger partial charge in [0.15, 0.2) is 0 Å². The van der Waals surface area contributed by atoms with E-state index in [1.807, 2.05) is 0 Å². The molecule has 0 aliphatic heterocycles. The Bertz CT molecular complexity index is 638. The van der Waals surface area contributed by atoms with Crippen molar-refractivity contribution in [2.24, 2.45) is 5.73 Å². The third-order valence-corrected chi connectivity index (χ3v) is 4.38. The summed E-state index contributed by atoms with van der Waals surface area (Å²) in [4.78, 5) is 7.11. The van der Waals surface area contributed by atoms with Gasteiger partial charge in [-0.05, 0) is 18.6 Å². The summed E-state index contributed by atoms with van der Waals surface area (Å²) in [5.74, 6) is 0.564. The van der Waals surface area contributed by atoms with Crippen molar-refractivity contribution in [2.75, 3.05) is 0 Å². The van der Waals surface area contributed by atoms with E-state index in [0.717, 1.165) is 0 Å². The Balaban J connectivity index is 2.28. The Hall–Kier alpha value is -1.70. The van der Waals surface area contributed by atoms with E-state index in [1.165, 1.54) is 0 Å². The van der Waals surface area contributed by atoms with Gasteiger partial charge in [-0.2, -0.15) is 0 Å². The number of aromatic amines is 1. The minimum absolute atomic E-state index is 0.173. The molecule has 102 valence electrons. The van der Waals surface area contributed by atoms with Crippen molar-refractivity contribution in [3.05, 3.63) is 48.0 Å². The number of H-pyrrole nitrogens is 1. The van der Waals surface area contributed by atoms with Crippen LogP contribution in [0, 0.1) is 0 Å². The molecule has 2 aromatic rings. The first-order valence-electron chi connectivity index (χ1n) is 5.84. The number of hydrogen-bond acceptors (Lipinski definition) is 4. The highest BCUT2D eigenvalue weighted by Gasteiger charge is 2.21. The van der Waals surface area contributed by atoms with Gasteiger partial charge in [-0.1, -0.05) is 18.2 Å². The van der Waals surface area contributed by atoms with Crippen LogP contribution in [0.1, 0.15) is 24.4 Å². The third-order valence-electron chi connectivity index (χ3n) is 2.74. The van der Waals surface area contributed by atoms with E-state index < -0.39 is 16.1 Å². The van der Waals surface area contributed by atoms with Gasteiger partial charge in [0.25, 0.3) is 0 Å². The second-order valence-electron chi connectivity index (χ2n) is 4.13. The Labute approximate surface area is 112 Å². The van der Waals surface area contributed by atoms with Gasteiger partial charge < -0.3 is 10.7 Å². The number of benzene rings is 1.